The zero-order valence-electron chi connectivity index (χ0n) is 17.7. The fraction of sp³-hybridized carbons (Fsp3) is 0.240. The number of ether oxygens (including phenoxy) is 1. The van der Waals surface area contributed by atoms with Crippen molar-refractivity contribution >= 4 is 50.9 Å². The number of alkyl halides is 1. The van der Waals surface area contributed by atoms with E-state index in [-0.39, 0.29) is 5.92 Å². The molecule has 0 saturated carbocycles. The molecule has 3 atom stereocenters. The van der Waals surface area contributed by atoms with Crippen LogP contribution in [-0.4, -0.2) is 27.1 Å². The minimum atomic E-state index is -1.22. The van der Waals surface area contributed by atoms with Gasteiger partial charge in [0, 0.05) is 11.3 Å². The summed E-state index contributed by atoms with van der Waals surface area (Å²) in [4.78, 5) is 0. The Morgan fingerprint density at radius 1 is 1.09 bits per heavy atom. The lowest BCUT2D eigenvalue weighted by molar-refractivity contribution is 0.0477. The van der Waals surface area contributed by atoms with Gasteiger partial charge in [0.25, 0.3) is 0 Å². The highest BCUT2D eigenvalue weighted by Crippen LogP contribution is 2.45. The van der Waals surface area contributed by atoms with E-state index in [4.69, 9.17) is 16.3 Å². The molecule has 0 bridgehead atoms. The number of rotatable bonds is 9. The molecule has 0 fully saturated rings. The Morgan fingerprint density at radius 2 is 1.81 bits per heavy atom. The molecule has 3 aromatic carbocycles. The predicted octanol–water partition coefficient (Wildman–Crippen LogP) is 6.88. The molecule has 166 valence electrons. The molecule has 7 heteroatoms. The van der Waals surface area contributed by atoms with Crippen LogP contribution in [0.25, 0.3) is 10.9 Å². The highest BCUT2D eigenvalue weighted by Gasteiger charge is 2.40. The molecule has 0 aliphatic carbocycles. The topological polar surface area (TPSA) is 47.3 Å². The molecule has 4 nitrogen and oxygen atoms in total. The average Bonchev–Trinajstić information content (AvgIpc) is 3.26. The molecule has 4 rings (SSSR count). The van der Waals surface area contributed by atoms with E-state index < -0.39 is 5.60 Å². The van der Waals surface area contributed by atoms with Crippen LogP contribution in [0.1, 0.15) is 36.0 Å². The van der Waals surface area contributed by atoms with E-state index in [0.29, 0.717) is 18.9 Å². The fourth-order valence-electron chi connectivity index (χ4n) is 4.33. The molecule has 0 radical (unpaired) electrons. The van der Waals surface area contributed by atoms with Crippen LogP contribution in [0.4, 0.5) is 0 Å². The minimum Gasteiger partial charge on any atom is -0.492 e. The third-order valence-corrected chi connectivity index (χ3v) is 7.88. The Bertz CT molecular complexity index is 1170. The van der Waals surface area contributed by atoms with Crippen molar-refractivity contribution in [2.75, 3.05) is 12.5 Å². The van der Waals surface area contributed by atoms with Crippen molar-refractivity contribution in [1.29, 1.82) is 0 Å². The van der Waals surface area contributed by atoms with Crippen molar-refractivity contribution < 1.29 is 9.84 Å². The predicted molar refractivity (Wildman–Crippen MR) is 143 cm³/mol. The first kappa shape index (κ1) is 23.5. The molecule has 0 amide bonds. The Hall–Kier alpha value is -1.66. The second-order valence-electron chi connectivity index (χ2n) is 7.61. The number of halogens is 2. The quantitative estimate of drug-likeness (QED) is 0.134. The Morgan fingerprint density at radius 3 is 2.47 bits per heavy atom. The molecule has 1 aromatic heterocycles. The van der Waals surface area contributed by atoms with Crippen molar-refractivity contribution in [2.45, 2.75) is 24.9 Å². The van der Waals surface area contributed by atoms with Crippen molar-refractivity contribution in [3.8, 4) is 5.75 Å². The zero-order valence-corrected chi connectivity index (χ0v) is 21.6. The summed E-state index contributed by atoms with van der Waals surface area (Å²) in [5.41, 5.74) is 2.63. The monoisotopic (exact) mass is 578 g/mol. The first-order valence-corrected chi connectivity index (χ1v) is 15.1. The molecule has 0 spiro atoms. The number of fused-ring (bicyclic) bond motifs is 1. The summed E-state index contributed by atoms with van der Waals surface area (Å²) in [7, 11) is 0. The van der Waals surface area contributed by atoms with Gasteiger partial charge >= 0.3 is 0 Å². The number of aliphatic hydroxyl groups is 1. The van der Waals surface area contributed by atoms with Gasteiger partial charge in [-0.1, -0.05) is 55.5 Å². The van der Waals surface area contributed by atoms with Crippen LogP contribution >= 0.6 is 40.0 Å². The van der Waals surface area contributed by atoms with Crippen molar-refractivity contribution in [3.05, 3.63) is 95.7 Å². The number of hydrogen-bond donors (Lipinski definition) is 1. The van der Waals surface area contributed by atoms with E-state index in [9.17, 15) is 5.11 Å². The van der Waals surface area contributed by atoms with Crippen LogP contribution in [-0.2, 0) is 5.60 Å². The summed E-state index contributed by atoms with van der Waals surface area (Å²) in [6, 6.07) is 24.1. The molecule has 0 aliphatic heterocycles. The van der Waals surface area contributed by atoms with E-state index in [1.807, 2.05) is 59.2 Å². The van der Waals surface area contributed by atoms with Gasteiger partial charge in [-0.15, -0.1) is 11.6 Å². The van der Waals surface area contributed by atoms with E-state index >= 15 is 0 Å². The van der Waals surface area contributed by atoms with E-state index in [1.165, 1.54) is 0 Å². The maximum atomic E-state index is 12.5. The van der Waals surface area contributed by atoms with Gasteiger partial charge in [0.15, 0.2) is 0 Å². The van der Waals surface area contributed by atoms with Crippen LogP contribution in [0.3, 0.4) is 0 Å². The molecule has 1 heterocycles. The SMILES string of the molecule is CCC(c1ccccc1)C(O)(c1ccc(OCCCl)cc1)c1ccc2c(cnn2PI)c1. The maximum Gasteiger partial charge on any atom is 0.121 e. The standard InChI is InChI=1S/C25H25ClIN2O2P/c1-2-23(18-6-4-3-5-7-18)25(30,20-8-11-22(12-9-20)31-15-14-26)21-10-13-24-19(16-21)17-28-29(24)32-27/h3-13,16-17,23,30,32H,2,14-15H2,1H3. The van der Waals surface area contributed by atoms with Gasteiger partial charge < -0.3 is 9.84 Å². The first-order chi connectivity index (χ1) is 15.6. The van der Waals surface area contributed by atoms with Crippen LogP contribution in [0, 0.1) is 0 Å². The lowest BCUT2D eigenvalue weighted by Gasteiger charge is -2.37. The molecular weight excluding hydrogens is 554 g/mol. The van der Waals surface area contributed by atoms with E-state index in [0.717, 1.165) is 39.8 Å². The van der Waals surface area contributed by atoms with Gasteiger partial charge in [-0.05, 0) is 69.4 Å². The van der Waals surface area contributed by atoms with E-state index in [2.05, 4.69) is 58.3 Å². The normalized spacial score (nSPS) is 14.6. The number of hydrogen-bond acceptors (Lipinski definition) is 3. The molecule has 0 aliphatic rings. The first-order valence-electron chi connectivity index (χ1n) is 10.5. The lowest BCUT2D eigenvalue weighted by Crippen LogP contribution is -2.34. The number of benzene rings is 3. The van der Waals surface area contributed by atoms with E-state index in [1.54, 1.807) is 0 Å². The Labute approximate surface area is 208 Å². The second kappa shape index (κ2) is 10.5. The van der Waals surface area contributed by atoms with Gasteiger partial charge in [0.2, 0.25) is 0 Å². The summed E-state index contributed by atoms with van der Waals surface area (Å²) in [6.45, 7) is 2.57. The highest BCUT2D eigenvalue weighted by molar-refractivity contribution is 14.2. The molecular formula is C25H25ClIN2O2P. The number of aromatic nitrogens is 2. The van der Waals surface area contributed by atoms with Gasteiger partial charge in [0.1, 0.15) is 18.0 Å². The smallest absolute Gasteiger partial charge is 0.121 e. The summed E-state index contributed by atoms with van der Waals surface area (Å²) in [5, 5.41) is 18.0. The molecule has 3 unspecified atom stereocenters. The van der Waals surface area contributed by atoms with Crippen LogP contribution in [0.15, 0.2) is 79.0 Å². The van der Waals surface area contributed by atoms with Gasteiger partial charge in [0.05, 0.1) is 24.0 Å². The third kappa shape index (κ3) is 4.54. The number of nitrogens with zero attached hydrogens (tertiary/aromatic N) is 2. The Kier molecular flexibility index (Phi) is 7.72. The molecule has 1 N–H and O–H groups in total. The molecule has 4 aromatic rings. The van der Waals surface area contributed by atoms with Gasteiger partial charge in [-0.2, -0.15) is 5.10 Å². The largest absolute Gasteiger partial charge is 0.492 e. The highest BCUT2D eigenvalue weighted by atomic mass is 127. The van der Waals surface area contributed by atoms with Gasteiger partial charge in [-0.25, -0.2) is 4.45 Å². The lowest BCUT2D eigenvalue weighted by atomic mass is 9.71. The molecule has 32 heavy (non-hydrogen) atoms. The summed E-state index contributed by atoms with van der Waals surface area (Å²) in [6.07, 6.45) is 3.17. The summed E-state index contributed by atoms with van der Waals surface area (Å²) in [5.74, 6) is 1.05. The second-order valence-corrected chi connectivity index (χ2v) is 10.0. The zero-order chi connectivity index (χ0) is 22.6. The summed E-state index contributed by atoms with van der Waals surface area (Å²) < 4.78 is 7.63. The summed E-state index contributed by atoms with van der Waals surface area (Å²) >= 11 is 8.08. The van der Waals surface area contributed by atoms with Gasteiger partial charge in [-0.3, -0.25) is 0 Å². The average molecular weight is 579 g/mol. The molecule has 0 saturated heterocycles. The van der Waals surface area contributed by atoms with Crippen molar-refractivity contribution in [2.24, 2.45) is 0 Å². The minimum absolute atomic E-state index is 0.128. The fourth-order valence-corrected chi connectivity index (χ4v) is 5.95. The van der Waals surface area contributed by atoms with Crippen LogP contribution < -0.4 is 4.74 Å². The van der Waals surface area contributed by atoms with Crippen molar-refractivity contribution in [3.63, 3.8) is 0 Å². The van der Waals surface area contributed by atoms with Crippen molar-refractivity contribution in [1.82, 2.24) is 9.55 Å². The van der Waals surface area contributed by atoms with Crippen LogP contribution in [0.2, 0.25) is 0 Å². The van der Waals surface area contributed by atoms with Crippen LogP contribution in [0.5, 0.6) is 5.75 Å². The third-order valence-electron chi connectivity index (χ3n) is 5.84. The maximum absolute atomic E-state index is 12.5. The Balaban J connectivity index is 1.86.